The van der Waals surface area contributed by atoms with Crippen molar-refractivity contribution < 1.29 is 17.6 Å². The quantitative estimate of drug-likeness (QED) is 0.842. The van der Waals surface area contributed by atoms with Crippen LogP contribution in [0, 0.1) is 17.7 Å². The van der Waals surface area contributed by atoms with Crippen LogP contribution >= 0.6 is 11.3 Å². The first-order valence-corrected chi connectivity index (χ1v) is 11.1. The molecule has 2 aromatic rings. The van der Waals surface area contributed by atoms with Gasteiger partial charge in [0.1, 0.15) is 5.82 Å². The van der Waals surface area contributed by atoms with E-state index in [1.807, 2.05) is 0 Å². The highest BCUT2D eigenvalue weighted by molar-refractivity contribution is 7.89. The molecule has 0 bridgehead atoms. The predicted octanol–water partition coefficient (Wildman–Crippen LogP) is 2.67. The summed E-state index contributed by atoms with van der Waals surface area (Å²) in [6.45, 7) is 2.45. The van der Waals surface area contributed by atoms with Crippen LogP contribution in [0.5, 0.6) is 0 Å². The number of aryl methyl sites for hydroxylation is 1. The summed E-state index contributed by atoms with van der Waals surface area (Å²) in [7, 11) is -3.69. The van der Waals surface area contributed by atoms with Gasteiger partial charge in [0.15, 0.2) is 5.13 Å². The number of anilines is 1. The third-order valence-electron chi connectivity index (χ3n) is 5.09. The molecule has 1 aromatic heterocycles. The van der Waals surface area contributed by atoms with E-state index in [1.165, 1.54) is 32.7 Å². The van der Waals surface area contributed by atoms with Crippen molar-refractivity contribution in [3.05, 3.63) is 40.7 Å². The van der Waals surface area contributed by atoms with E-state index in [-0.39, 0.29) is 23.9 Å². The molecule has 0 radical (unpaired) electrons. The Hall–Kier alpha value is -1.84. The highest BCUT2D eigenvalue weighted by Crippen LogP contribution is 2.33. The maximum absolute atomic E-state index is 13.0. The maximum Gasteiger partial charge on any atom is 0.243 e. The topological polar surface area (TPSA) is 79.4 Å². The van der Waals surface area contributed by atoms with Crippen molar-refractivity contribution in [1.29, 1.82) is 0 Å². The number of fused-ring (bicyclic) bond motifs is 1. The third-order valence-corrected chi connectivity index (χ3v) is 7.97. The van der Waals surface area contributed by atoms with E-state index >= 15 is 0 Å². The van der Waals surface area contributed by atoms with Crippen LogP contribution < -0.4 is 5.32 Å². The first-order valence-electron chi connectivity index (χ1n) is 8.88. The van der Waals surface area contributed by atoms with Crippen molar-refractivity contribution in [2.24, 2.45) is 11.8 Å². The molecule has 1 amide bonds. The van der Waals surface area contributed by atoms with E-state index in [0.29, 0.717) is 11.0 Å². The van der Waals surface area contributed by atoms with Crippen LogP contribution in [0.15, 0.2) is 29.2 Å². The van der Waals surface area contributed by atoms with Crippen molar-refractivity contribution in [2.45, 2.75) is 31.1 Å². The van der Waals surface area contributed by atoms with E-state index < -0.39 is 21.8 Å². The number of carbonyl (C=O) groups is 1. The number of rotatable bonds is 4. The Kier molecular flexibility index (Phi) is 4.77. The number of thiazole rings is 1. The standard InChI is InChI=1S/C18H20FN3O3S2/c1-11-2-7-15-16(8-11)26-18(20-15)21-17(23)12-9-22(10-12)27(24,25)14-5-3-13(19)4-6-14/h3-6,11-12H,2,7-10H2,1H3,(H,20,21,23). The summed E-state index contributed by atoms with van der Waals surface area (Å²) in [5, 5.41) is 3.43. The van der Waals surface area contributed by atoms with Gasteiger partial charge in [0.2, 0.25) is 15.9 Å². The Morgan fingerprint density at radius 3 is 2.70 bits per heavy atom. The Morgan fingerprint density at radius 2 is 2.00 bits per heavy atom. The summed E-state index contributed by atoms with van der Waals surface area (Å²) in [5.74, 6) is -0.464. The number of halogens is 1. The normalized spacial score (nSPS) is 20.7. The molecule has 27 heavy (non-hydrogen) atoms. The van der Waals surface area contributed by atoms with E-state index in [1.54, 1.807) is 0 Å². The zero-order valence-electron chi connectivity index (χ0n) is 14.8. The predicted molar refractivity (Wildman–Crippen MR) is 101 cm³/mol. The van der Waals surface area contributed by atoms with Crippen LogP contribution in [0.2, 0.25) is 0 Å². The minimum absolute atomic E-state index is 0.0319. The van der Waals surface area contributed by atoms with Crippen molar-refractivity contribution in [3.63, 3.8) is 0 Å². The molecule has 1 saturated heterocycles. The number of carbonyl (C=O) groups excluding carboxylic acids is 1. The van der Waals surface area contributed by atoms with E-state index in [0.717, 1.165) is 37.1 Å². The number of hydrogen-bond donors (Lipinski definition) is 1. The van der Waals surface area contributed by atoms with Crippen LogP contribution in [0.3, 0.4) is 0 Å². The van der Waals surface area contributed by atoms with E-state index in [9.17, 15) is 17.6 Å². The molecule has 9 heteroatoms. The van der Waals surface area contributed by atoms with Crippen LogP contribution in [0.4, 0.5) is 9.52 Å². The Morgan fingerprint density at radius 1 is 1.30 bits per heavy atom. The number of aromatic nitrogens is 1. The number of sulfonamides is 1. The molecule has 1 atom stereocenters. The van der Waals surface area contributed by atoms with Gasteiger partial charge in [-0.25, -0.2) is 17.8 Å². The largest absolute Gasteiger partial charge is 0.302 e. The third kappa shape index (κ3) is 3.63. The van der Waals surface area contributed by atoms with E-state index in [4.69, 9.17) is 0 Å². The molecular formula is C18H20FN3O3S2. The number of hydrogen-bond acceptors (Lipinski definition) is 5. The van der Waals surface area contributed by atoms with Gasteiger partial charge >= 0.3 is 0 Å². The highest BCUT2D eigenvalue weighted by Gasteiger charge is 2.40. The molecule has 2 heterocycles. The SMILES string of the molecule is CC1CCc2nc(NC(=O)C3CN(S(=O)(=O)c4ccc(F)cc4)C3)sc2C1. The van der Waals surface area contributed by atoms with Crippen LogP contribution in [0.25, 0.3) is 0 Å². The van der Waals surface area contributed by atoms with Gasteiger partial charge in [0, 0.05) is 18.0 Å². The molecule has 1 N–H and O–H groups in total. The fourth-order valence-electron chi connectivity index (χ4n) is 3.36. The first kappa shape index (κ1) is 18.5. The zero-order valence-corrected chi connectivity index (χ0v) is 16.4. The summed E-state index contributed by atoms with van der Waals surface area (Å²) in [5.41, 5.74) is 1.07. The number of nitrogens with one attached hydrogen (secondary N) is 1. The van der Waals surface area contributed by atoms with Gasteiger partial charge in [-0.1, -0.05) is 6.92 Å². The molecule has 1 aliphatic heterocycles. The molecule has 6 nitrogen and oxygen atoms in total. The summed E-state index contributed by atoms with van der Waals surface area (Å²) >= 11 is 1.51. The van der Waals surface area contributed by atoms with Gasteiger partial charge in [0.25, 0.3) is 0 Å². The molecule has 0 saturated carbocycles. The number of amides is 1. The Balaban J connectivity index is 1.37. The van der Waals surface area contributed by atoms with Crippen molar-refractivity contribution in [3.8, 4) is 0 Å². The van der Waals surface area contributed by atoms with Gasteiger partial charge in [-0.3, -0.25) is 4.79 Å². The Labute approximate surface area is 161 Å². The fourth-order valence-corrected chi connectivity index (χ4v) is 6.06. The molecule has 4 rings (SSSR count). The van der Waals surface area contributed by atoms with Crippen molar-refractivity contribution >= 4 is 32.4 Å². The van der Waals surface area contributed by atoms with Crippen molar-refractivity contribution in [2.75, 3.05) is 18.4 Å². The number of nitrogens with zero attached hydrogens (tertiary/aromatic N) is 2. The molecule has 2 aliphatic rings. The monoisotopic (exact) mass is 409 g/mol. The lowest BCUT2D eigenvalue weighted by Gasteiger charge is -2.36. The van der Waals surface area contributed by atoms with Crippen LogP contribution in [-0.2, 0) is 27.7 Å². The molecule has 0 spiro atoms. The lowest BCUT2D eigenvalue weighted by Crippen LogP contribution is -2.54. The highest BCUT2D eigenvalue weighted by atomic mass is 32.2. The van der Waals surface area contributed by atoms with Gasteiger partial charge in [-0.05, 0) is 49.4 Å². The van der Waals surface area contributed by atoms with Gasteiger partial charge < -0.3 is 5.32 Å². The molecule has 1 unspecified atom stereocenters. The van der Waals surface area contributed by atoms with Gasteiger partial charge in [-0.15, -0.1) is 11.3 Å². The molecule has 1 aromatic carbocycles. The second-order valence-corrected chi connectivity index (χ2v) is 10.2. The molecule has 1 fully saturated rings. The first-order chi connectivity index (χ1) is 12.8. The minimum atomic E-state index is -3.69. The summed E-state index contributed by atoms with van der Waals surface area (Å²) in [6.07, 6.45) is 3.05. The molecule has 1 aliphatic carbocycles. The fraction of sp³-hybridized carbons (Fsp3) is 0.444. The smallest absolute Gasteiger partial charge is 0.243 e. The minimum Gasteiger partial charge on any atom is -0.302 e. The van der Waals surface area contributed by atoms with Crippen molar-refractivity contribution in [1.82, 2.24) is 9.29 Å². The maximum atomic E-state index is 13.0. The van der Waals surface area contributed by atoms with Crippen LogP contribution in [0.1, 0.15) is 23.9 Å². The van der Waals surface area contributed by atoms with Gasteiger partial charge in [-0.2, -0.15) is 4.31 Å². The second kappa shape index (κ2) is 6.96. The number of benzene rings is 1. The average molecular weight is 410 g/mol. The average Bonchev–Trinajstić information content (AvgIpc) is 2.94. The lowest BCUT2D eigenvalue weighted by atomic mass is 9.93. The zero-order chi connectivity index (χ0) is 19.2. The van der Waals surface area contributed by atoms with Crippen LogP contribution in [-0.4, -0.2) is 36.7 Å². The summed E-state index contributed by atoms with van der Waals surface area (Å²) in [6, 6.07) is 4.70. The van der Waals surface area contributed by atoms with E-state index in [2.05, 4.69) is 17.2 Å². The molecular weight excluding hydrogens is 389 g/mol. The van der Waals surface area contributed by atoms with Gasteiger partial charge in [0.05, 0.1) is 16.5 Å². The summed E-state index contributed by atoms with van der Waals surface area (Å²) in [4.78, 5) is 18.2. The summed E-state index contributed by atoms with van der Waals surface area (Å²) < 4.78 is 39.2. The lowest BCUT2D eigenvalue weighted by molar-refractivity contribution is -0.122. The molecule has 144 valence electrons. The Bertz CT molecular complexity index is 966. The second-order valence-electron chi connectivity index (χ2n) is 7.20.